The fourth-order valence-electron chi connectivity index (χ4n) is 4.00. The van der Waals surface area contributed by atoms with Crippen molar-refractivity contribution in [1.82, 2.24) is 0 Å². The van der Waals surface area contributed by atoms with E-state index in [1.807, 2.05) is 36.4 Å². The van der Waals surface area contributed by atoms with Gasteiger partial charge < -0.3 is 0 Å². The molecule has 0 aliphatic carbocycles. The number of hydrogen-bond acceptors (Lipinski definition) is 0. The zero-order valence-corrected chi connectivity index (χ0v) is 19.0. The lowest BCUT2D eigenvalue weighted by atomic mass is 10.00. The molecule has 0 aromatic heterocycles. The molecule has 0 aliphatic rings. The molecule has 0 N–H and O–H groups in total. The van der Waals surface area contributed by atoms with E-state index in [9.17, 15) is 8.78 Å². The van der Waals surface area contributed by atoms with Gasteiger partial charge in [0, 0.05) is 11.1 Å². The third-order valence-electron chi connectivity index (χ3n) is 5.98. The molecule has 4 rings (SSSR count). The van der Waals surface area contributed by atoms with Crippen LogP contribution in [0.25, 0.3) is 10.8 Å². The minimum atomic E-state index is -0.233. The lowest BCUT2D eigenvalue weighted by molar-refractivity contribution is 0.604. The highest BCUT2D eigenvalue weighted by Gasteiger charge is 2.05. The first-order valence-electron chi connectivity index (χ1n) is 11.7. The molecular formula is C31H28F2. The van der Waals surface area contributed by atoms with E-state index in [1.165, 1.54) is 30.5 Å². The highest BCUT2D eigenvalue weighted by Crippen LogP contribution is 2.18. The van der Waals surface area contributed by atoms with Gasteiger partial charge in [0.1, 0.15) is 11.6 Å². The van der Waals surface area contributed by atoms with Crippen molar-refractivity contribution in [1.29, 1.82) is 0 Å². The summed E-state index contributed by atoms with van der Waals surface area (Å²) in [7, 11) is 0. The third-order valence-corrected chi connectivity index (χ3v) is 5.98. The molecule has 0 aliphatic heterocycles. The minimum Gasteiger partial charge on any atom is -0.207 e. The van der Waals surface area contributed by atoms with Crippen molar-refractivity contribution < 1.29 is 8.78 Å². The first-order chi connectivity index (χ1) is 16.1. The Morgan fingerprint density at radius 3 is 2.09 bits per heavy atom. The van der Waals surface area contributed by atoms with Crippen LogP contribution in [0.3, 0.4) is 0 Å². The van der Waals surface area contributed by atoms with Gasteiger partial charge in [-0.05, 0) is 95.6 Å². The molecule has 0 heterocycles. The molecule has 0 amide bonds. The summed E-state index contributed by atoms with van der Waals surface area (Å²) in [6.45, 7) is 2.18. The molecule has 0 nitrogen and oxygen atoms in total. The largest absolute Gasteiger partial charge is 0.207 e. The van der Waals surface area contributed by atoms with Crippen molar-refractivity contribution >= 4 is 10.8 Å². The molecule has 0 atom stereocenters. The molecule has 0 bridgehead atoms. The van der Waals surface area contributed by atoms with Crippen molar-refractivity contribution in [2.24, 2.45) is 0 Å². The monoisotopic (exact) mass is 438 g/mol. The van der Waals surface area contributed by atoms with Crippen molar-refractivity contribution in [2.45, 2.75) is 45.4 Å². The van der Waals surface area contributed by atoms with E-state index in [1.54, 1.807) is 12.1 Å². The van der Waals surface area contributed by atoms with Crippen LogP contribution in [-0.2, 0) is 19.3 Å². The van der Waals surface area contributed by atoms with Gasteiger partial charge in [0.25, 0.3) is 0 Å². The van der Waals surface area contributed by atoms with Crippen LogP contribution in [-0.4, -0.2) is 0 Å². The summed E-state index contributed by atoms with van der Waals surface area (Å²) in [5.74, 6) is 6.05. The summed E-state index contributed by atoms with van der Waals surface area (Å²) in [5, 5.41) is 1.84. The van der Waals surface area contributed by atoms with Gasteiger partial charge in [0.15, 0.2) is 0 Å². The summed E-state index contributed by atoms with van der Waals surface area (Å²) < 4.78 is 27.8. The number of unbranched alkanes of at least 4 members (excludes halogenated alkanes) is 2. The Balaban J connectivity index is 1.36. The smallest absolute Gasteiger partial charge is 0.126 e. The third kappa shape index (κ3) is 6.30. The van der Waals surface area contributed by atoms with Crippen LogP contribution in [0.5, 0.6) is 0 Å². The highest BCUT2D eigenvalue weighted by atomic mass is 19.1. The Kier molecular flexibility index (Phi) is 7.53. The topological polar surface area (TPSA) is 0 Å². The Morgan fingerprint density at radius 2 is 1.30 bits per heavy atom. The molecule has 2 heteroatoms. The second-order valence-corrected chi connectivity index (χ2v) is 8.54. The van der Waals surface area contributed by atoms with Crippen LogP contribution in [0.15, 0.2) is 78.9 Å². The van der Waals surface area contributed by atoms with Crippen LogP contribution in [0, 0.1) is 23.5 Å². The van der Waals surface area contributed by atoms with Crippen LogP contribution >= 0.6 is 0 Å². The fraction of sp³-hybridized carbons (Fsp3) is 0.226. The van der Waals surface area contributed by atoms with E-state index in [4.69, 9.17) is 0 Å². The average Bonchev–Trinajstić information content (AvgIpc) is 2.83. The molecule has 0 unspecified atom stereocenters. The van der Waals surface area contributed by atoms with E-state index in [-0.39, 0.29) is 11.6 Å². The van der Waals surface area contributed by atoms with E-state index in [0.717, 1.165) is 52.3 Å². The van der Waals surface area contributed by atoms with Gasteiger partial charge in [-0.2, -0.15) is 0 Å². The molecule has 0 saturated carbocycles. The maximum atomic E-state index is 14.5. The van der Waals surface area contributed by atoms with E-state index in [0.29, 0.717) is 6.42 Å². The summed E-state index contributed by atoms with van der Waals surface area (Å²) in [6, 6.07) is 24.4. The Morgan fingerprint density at radius 1 is 0.606 bits per heavy atom. The number of rotatable bonds is 7. The van der Waals surface area contributed by atoms with E-state index in [2.05, 4.69) is 37.0 Å². The van der Waals surface area contributed by atoms with Crippen molar-refractivity contribution in [3.63, 3.8) is 0 Å². The quantitative estimate of drug-likeness (QED) is 0.202. The van der Waals surface area contributed by atoms with Crippen molar-refractivity contribution in [2.75, 3.05) is 0 Å². The Hall–Kier alpha value is -3.44. The molecule has 33 heavy (non-hydrogen) atoms. The summed E-state index contributed by atoms with van der Waals surface area (Å²) in [4.78, 5) is 0. The molecule has 0 spiro atoms. The molecule has 4 aromatic carbocycles. The standard InChI is InChI=1S/C31H28F2/c1-2-3-4-5-25-13-16-27(31(33)21-25)15-12-24-8-6-23(7-9-24)10-11-26-14-17-29-22-30(32)19-18-28(29)20-26/h6-9,13-14,16-22H,2-5,12,15H2,1H3. The number of halogens is 2. The molecule has 166 valence electrons. The molecular weight excluding hydrogens is 410 g/mol. The lowest BCUT2D eigenvalue weighted by Crippen LogP contribution is -1.97. The average molecular weight is 439 g/mol. The molecule has 0 saturated heterocycles. The predicted octanol–water partition coefficient (Wildman–Crippen LogP) is 8.04. The lowest BCUT2D eigenvalue weighted by Gasteiger charge is -2.07. The fourth-order valence-corrected chi connectivity index (χ4v) is 4.00. The minimum absolute atomic E-state index is 0.0930. The molecule has 0 radical (unpaired) electrons. The summed E-state index contributed by atoms with van der Waals surface area (Å²) >= 11 is 0. The SMILES string of the molecule is CCCCCc1ccc(CCc2ccc(C#Cc3ccc4cc(F)ccc4c3)cc2)c(F)c1. The number of fused-ring (bicyclic) bond motifs is 1. The van der Waals surface area contributed by atoms with Crippen LogP contribution in [0.1, 0.15) is 54.0 Å². The van der Waals surface area contributed by atoms with Gasteiger partial charge >= 0.3 is 0 Å². The van der Waals surface area contributed by atoms with Gasteiger partial charge in [-0.1, -0.05) is 68.0 Å². The van der Waals surface area contributed by atoms with Gasteiger partial charge in [0.2, 0.25) is 0 Å². The molecule has 4 aromatic rings. The second kappa shape index (κ2) is 10.9. The predicted molar refractivity (Wildman–Crippen MR) is 133 cm³/mol. The second-order valence-electron chi connectivity index (χ2n) is 8.54. The first kappa shape index (κ1) is 22.7. The van der Waals surface area contributed by atoms with Crippen LogP contribution < -0.4 is 0 Å². The maximum Gasteiger partial charge on any atom is 0.126 e. The van der Waals surface area contributed by atoms with Gasteiger partial charge in [-0.15, -0.1) is 0 Å². The highest BCUT2D eigenvalue weighted by molar-refractivity contribution is 5.84. The molecule has 0 fully saturated rings. The number of benzene rings is 4. The van der Waals surface area contributed by atoms with Crippen LogP contribution in [0.4, 0.5) is 8.78 Å². The number of aryl methyl sites for hydroxylation is 3. The van der Waals surface area contributed by atoms with Crippen LogP contribution in [0.2, 0.25) is 0 Å². The van der Waals surface area contributed by atoms with Crippen molar-refractivity contribution in [3.05, 3.63) is 118 Å². The summed E-state index contributed by atoms with van der Waals surface area (Å²) in [5.41, 5.74) is 4.85. The zero-order valence-electron chi connectivity index (χ0n) is 19.0. The van der Waals surface area contributed by atoms with Gasteiger partial charge in [-0.3, -0.25) is 0 Å². The zero-order chi connectivity index (χ0) is 23.0. The van der Waals surface area contributed by atoms with E-state index >= 15 is 0 Å². The normalized spacial score (nSPS) is 10.8. The maximum absolute atomic E-state index is 14.5. The number of hydrogen-bond donors (Lipinski definition) is 0. The van der Waals surface area contributed by atoms with Gasteiger partial charge in [0.05, 0.1) is 0 Å². The summed E-state index contributed by atoms with van der Waals surface area (Å²) in [6.07, 6.45) is 5.91. The Labute approximate surface area is 195 Å². The van der Waals surface area contributed by atoms with E-state index < -0.39 is 0 Å². The first-order valence-corrected chi connectivity index (χ1v) is 11.7. The Bertz CT molecular complexity index is 1290. The van der Waals surface area contributed by atoms with Crippen molar-refractivity contribution in [3.8, 4) is 11.8 Å². The van der Waals surface area contributed by atoms with Gasteiger partial charge in [-0.25, -0.2) is 8.78 Å².